The zero-order valence-electron chi connectivity index (χ0n) is 9.00. The van der Waals surface area contributed by atoms with E-state index in [9.17, 15) is 0 Å². The van der Waals surface area contributed by atoms with E-state index in [0.717, 1.165) is 0 Å². The molecule has 0 heterocycles. The molecule has 0 bridgehead atoms. The smallest absolute Gasteiger partial charge is 0.0864 e. The summed E-state index contributed by atoms with van der Waals surface area (Å²) in [4.78, 5) is 4.48. The van der Waals surface area contributed by atoms with Crippen molar-refractivity contribution in [2.45, 2.75) is 20.8 Å². The highest BCUT2D eigenvalue weighted by atomic mass is 16.6. The van der Waals surface area contributed by atoms with Gasteiger partial charge in [-0.3, -0.25) is 0 Å². The molecule has 76 valence electrons. The van der Waals surface area contributed by atoms with Crippen LogP contribution in [0.5, 0.6) is 0 Å². The topological polar surface area (TPSA) is 35.2 Å². The van der Waals surface area contributed by atoms with Gasteiger partial charge in [-0.05, 0) is 37.5 Å². The Labute approximate surface area is 85.3 Å². The average molecular weight is 191 g/mol. The molecule has 0 saturated heterocycles. The van der Waals surface area contributed by atoms with Gasteiger partial charge < -0.3 is 4.84 Å². The monoisotopic (exact) mass is 191 g/mol. The summed E-state index contributed by atoms with van der Waals surface area (Å²) in [5, 5.41) is 0. The average Bonchev–Trinajstić information content (AvgIpc) is 2.09. The van der Waals surface area contributed by atoms with Gasteiger partial charge in [0.2, 0.25) is 0 Å². The van der Waals surface area contributed by atoms with Crippen LogP contribution in [0.4, 0.5) is 0 Å². The fourth-order valence-corrected chi connectivity index (χ4v) is 1.68. The molecule has 1 aromatic carbocycles. The number of nitrogens with two attached hydrogens (primary N) is 1. The molecule has 0 saturated carbocycles. The van der Waals surface area contributed by atoms with E-state index in [1.165, 1.54) is 22.3 Å². The summed E-state index contributed by atoms with van der Waals surface area (Å²) < 4.78 is 0. The number of aryl methyl sites for hydroxylation is 3. The van der Waals surface area contributed by atoms with Crippen molar-refractivity contribution < 1.29 is 4.84 Å². The second-order valence-corrected chi connectivity index (χ2v) is 3.55. The van der Waals surface area contributed by atoms with Crippen LogP contribution in [0.25, 0.3) is 6.08 Å². The molecule has 0 radical (unpaired) electrons. The third-order valence-electron chi connectivity index (χ3n) is 2.22. The van der Waals surface area contributed by atoms with Crippen LogP contribution in [0.15, 0.2) is 18.2 Å². The first kappa shape index (κ1) is 11.0. The molecule has 0 aliphatic heterocycles. The van der Waals surface area contributed by atoms with Gasteiger partial charge in [-0.25, -0.2) is 5.90 Å². The van der Waals surface area contributed by atoms with Crippen molar-refractivity contribution in [2.24, 2.45) is 5.90 Å². The number of benzene rings is 1. The number of hydrogen-bond donors (Lipinski definition) is 1. The minimum Gasteiger partial charge on any atom is -0.300 e. The quantitative estimate of drug-likeness (QED) is 0.745. The molecule has 0 aromatic heterocycles. The second-order valence-electron chi connectivity index (χ2n) is 3.55. The molecule has 0 aliphatic rings. The van der Waals surface area contributed by atoms with Crippen molar-refractivity contribution in [2.75, 3.05) is 6.61 Å². The Balaban J connectivity index is 2.96. The van der Waals surface area contributed by atoms with Gasteiger partial charge in [0.15, 0.2) is 0 Å². The lowest BCUT2D eigenvalue weighted by molar-refractivity contribution is 0.168. The van der Waals surface area contributed by atoms with Crippen molar-refractivity contribution in [1.82, 2.24) is 0 Å². The molecule has 0 atom stereocenters. The number of hydrogen-bond acceptors (Lipinski definition) is 2. The lowest BCUT2D eigenvalue weighted by atomic mass is 9.99. The van der Waals surface area contributed by atoms with Gasteiger partial charge in [0.25, 0.3) is 0 Å². The standard InChI is InChI=1S/C12H17NO/c1-9-7-10(2)12(11(3)8-9)5-4-6-14-13/h4-5,7-8H,6,13H2,1-3H3/b5-4+. The Morgan fingerprint density at radius 3 is 2.29 bits per heavy atom. The molecule has 1 rings (SSSR count). The maximum atomic E-state index is 4.94. The third-order valence-corrected chi connectivity index (χ3v) is 2.22. The molecule has 1 aromatic rings. The first-order valence-corrected chi connectivity index (χ1v) is 4.71. The van der Waals surface area contributed by atoms with E-state index in [0.29, 0.717) is 6.61 Å². The molecule has 0 spiro atoms. The van der Waals surface area contributed by atoms with E-state index >= 15 is 0 Å². The van der Waals surface area contributed by atoms with Crippen molar-refractivity contribution in [3.05, 3.63) is 40.5 Å². The summed E-state index contributed by atoms with van der Waals surface area (Å²) in [6.45, 7) is 6.79. The number of rotatable bonds is 3. The van der Waals surface area contributed by atoms with Gasteiger partial charge in [0.05, 0.1) is 6.61 Å². The molecular weight excluding hydrogens is 174 g/mol. The second kappa shape index (κ2) is 4.94. The van der Waals surface area contributed by atoms with Crippen LogP contribution in [-0.2, 0) is 4.84 Å². The molecule has 0 amide bonds. The van der Waals surface area contributed by atoms with E-state index in [4.69, 9.17) is 5.90 Å². The van der Waals surface area contributed by atoms with Gasteiger partial charge in [0.1, 0.15) is 0 Å². The van der Waals surface area contributed by atoms with Gasteiger partial charge in [-0.1, -0.05) is 29.8 Å². The lowest BCUT2D eigenvalue weighted by Crippen LogP contribution is -1.97. The van der Waals surface area contributed by atoms with Crippen LogP contribution in [0.1, 0.15) is 22.3 Å². The van der Waals surface area contributed by atoms with Crippen molar-refractivity contribution in [1.29, 1.82) is 0 Å². The van der Waals surface area contributed by atoms with E-state index in [1.54, 1.807) is 0 Å². The molecule has 14 heavy (non-hydrogen) atoms. The first-order valence-electron chi connectivity index (χ1n) is 4.71. The molecular formula is C12H17NO. The van der Waals surface area contributed by atoms with Gasteiger partial charge in [0, 0.05) is 0 Å². The van der Waals surface area contributed by atoms with Crippen molar-refractivity contribution in [3.63, 3.8) is 0 Å². The minimum absolute atomic E-state index is 0.451. The normalized spacial score (nSPS) is 11.1. The highest BCUT2D eigenvalue weighted by molar-refractivity contribution is 5.58. The summed E-state index contributed by atoms with van der Waals surface area (Å²) >= 11 is 0. The molecule has 2 N–H and O–H groups in total. The Bertz CT molecular complexity index is 319. The van der Waals surface area contributed by atoms with E-state index < -0.39 is 0 Å². The Kier molecular flexibility index (Phi) is 3.86. The van der Waals surface area contributed by atoms with Crippen LogP contribution < -0.4 is 5.90 Å². The third kappa shape index (κ3) is 2.69. The van der Waals surface area contributed by atoms with Crippen LogP contribution in [-0.4, -0.2) is 6.61 Å². The molecule has 2 heteroatoms. The summed E-state index contributed by atoms with van der Waals surface area (Å²) in [6, 6.07) is 4.35. The van der Waals surface area contributed by atoms with Crippen LogP contribution in [0, 0.1) is 20.8 Å². The Morgan fingerprint density at radius 2 is 1.79 bits per heavy atom. The molecule has 0 unspecified atom stereocenters. The highest BCUT2D eigenvalue weighted by Gasteiger charge is 1.99. The SMILES string of the molecule is Cc1cc(C)c(/C=C/CON)c(C)c1. The predicted molar refractivity (Wildman–Crippen MR) is 59.8 cm³/mol. The summed E-state index contributed by atoms with van der Waals surface area (Å²) in [5.41, 5.74) is 5.13. The van der Waals surface area contributed by atoms with E-state index in [2.05, 4.69) is 43.8 Å². The minimum atomic E-state index is 0.451. The van der Waals surface area contributed by atoms with Gasteiger partial charge in [-0.2, -0.15) is 0 Å². The first-order chi connectivity index (χ1) is 6.65. The van der Waals surface area contributed by atoms with Crippen molar-refractivity contribution >= 4 is 6.08 Å². The van der Waals surface area contributed by atoms with Crippen LogP contribution in [0.3, 0.4) is 0 Å². The maximum absolute atomic E-state index is 4.94. The Morgan fingerprint density at radius 1 is 1.21 bits per heavy atom. The highest BCUT2D eigenvalue weighted by Crippen LogP contribution is 2.17. The summed E-state index contributed by atoms with van der Waals surface area (Å²) in [5.74, 6) is 4.94. The van der Waals surface area contributed by atoms with E-state index in [-0.39, 0.29) is 0 Å². The molecule has 2 nitrogen and oxygen atoms in total. The lowest BCUT2D eigenvalue weighted by Gasteiger charge is -2.06. The zero-order chi connectivity index (χ0) is 10.6. The predicted octanol–water partition coefficient (Wildman–Crippen LogP) is 2.52. The molecule has 0 fully saturated rings. The fraction of sp³-hybridized carbons (Fsp3) is 0.333. The summed E-state index contributed by atoms with van der Waals surface area (Å²) in [6.07, 6.45) is 3.97. The van der Waals surface area contributed by atoms with Crippen molar-refractivity contribution in [3.8, 4) is 0 Å². The summed E-state index contributed by atoms with van der Waals surface area (Å²) in [7, 11) is 0. The van der Waals surface area contributed by atoms with E-state index in [1.807, 2.05) is 6.08 Å². The molecule has 0 aliphatic carbocycles. The fourth-order valence-electron chi connectivity index (χ4n) is 1.68. The zero-order valence-corrected chi connectivity index (χ0v) is 9.00. The van der Waals surface area contributed by atoms with Gasteiger partial charge >= 0.3 is 0 Å². The van der Waals surface area contributed by atoms with Crippen LogP contribution >= 0.6 is 0 Å². The largest absolute Gasteiger partial charge is 0.300 e. The Hall–Kier alpha value is -1.12. The van der Waals surface area contributed by atoms with Crippen LogP contribution in [0.2, 0.25) is 0 Å². The maximum Gasteiger partial charge on any atom is 0.0864 e. The van der Waals surface area contributed by atoms with Gasteiger partial charge in [-0.15, -0.1) is 0 Å².